The third-order valence-corrected chi connectivity index (χ3v) is 8.76. The van der Waals surface area contributed by atoms with Gasteiger partial charge in [-0.05, 0) is 43.2 Å². The molecule has 2 atom stereocenters. The highest BCUT2D eigenvalue weighted by Gasteiger charge is 2.54. The van der Waals surface area contributed by atoms with Crippen LogP contribution in [-0.2, 0) is 35.3 Å². The minimum Gasteiger partial charge on any atom is -0.479 e. The van der Waals surface area contributed by atoms with Gasteiger partial charge in [-0.1, -0.05) is 16.9 Å². The monoisotopic (exact) mass is 699 g/mol. The third-order valence-electron chi connectivity index (χ3n) is 5.84. The second-order valence-electron chi connectivity index (χ2n) is 10.4. The number of nitrogens with two attached hydrogens (primary N) is 1. The second kappa shape index (κ2) is 14.7. The van der Waals surface area contributed by atoms with Gasteiger partial charge in [0.15, 0.2) is 5.13 Å². The maximum atomic E-state index is 13.1. The van der Waals surface area contributed by atoms with Crippen LogP contribution in [0.1, 0.15) is 33.0 Å². The summed E-state index contributed by atoms with van der Waals surface area (Å²) in [5, 5.41) is 38.8. The molecule has 2 aromatic heterocycles. The predicted octanol–water partition coefficient (Wildman–Crippen LogP) is -0.642. The number of alkyl carbamates (subject to hydrolysis) is 1. The first kappa shape index (κ1) is 34.4. The number of nitrogens with one attached hydrogen (secondary N) is 2. The number of nitrogens with zero attached hydrogens (tertiary/aromatic N) is 8. The molecule has 2 aromatic rings. The number of oxime groups is 1. The number of rotatable bonds is 14. The van der Waals surface area contributed by atoms with Gasteiger partial charge in [-0.3, -0.25) is 14.5 Å². The number of tetrazole rings is 1. The van der Waals surface area contributed by atoms with Gasteiger partial charge >= 0.3 is 18.0 Å². The number of carbonyl (C=O) groups excluding carboxylic acids is 3. The van der Waals surface area contributed by atoms with E-state index in [-0.39, 0.29) is 28.2 Å². The molecule has 2 aliphatic heterocycles. The van der Waals surface area contributed by atoms with E-state index in [1.807, 2.05) is 0 Å². The van der Waals surface area contributed by atoms with Crippen LogP contribution >= 0.6 is 35.1 Å². The Hall–Kier alpha value is -4.51. The SMILES string of the molecule is CC(C)(C)OC(=O)NCCCn1nnnc1SCC1=C(C(=O)O)N2C(=O)C(NC(=O)C(=NOCC(=O)O)c3nsc(N)n3)[C@H]2SC1. The van der Waals surface area contributed by atoms with Gasteiger partial charge in [0.25, 0.3) is 11.8 Å². The number of thioether (sulfide) groups is 2. The number of fused-ring (bicyclic) bond motifs is 1. The van der Waals surface area contributed by atoms with Crippen LogP contribution in [0.2, 0.25) is 0 Å². The van der Waals surface area contributed by atoms with Crippen molar-refractivity contribution >= 4 is 75.7 Å². The predicted molar refractivity (Wildman–Crippen MR) is 162 cm³/mol. The van der Waals surface area contributed by atoms with E-state index < -0.39 is 59.2 Å². The lowest BCUT2D eigenvalue weighted by Crippen LogP contribution is -2.71. The molecule has 0 saturated carbocycles. The van der Waals surface area contributed by atoms with E-state index >= 15 is 0 Å². The van der Waals surface area contributed by atoms with Crippen molar-refractivity contribution in [1.82, 2.24) is 45.1 Å². The molecule has 23 heteroatoms. The Labute approximate surface area is 272 Å². The Morgan fingerprint density at radius 1 is 1.24 bits per heavy atom. The molecule has 46 heavy (non-hydrogen) atoms. The molecule has 3 amide bonds. The molecule has 0 aliphatic carbocycles. The lowest BCUT2D eigenvalue weighted by molar-refractivity contribution is -0.150. The van der Waals surface area contributed by atoms with Crippen LogP contribution in [-0.4, -0.2) is 122 Å². The van der Waals surface area contributed by atoms with Gasteiger partial charge in [0, 0.05) is 36.1 Å². The number of aromatic nitrogens is 6. The Bertz CT molecular complexity index is 1570. The van der Waals surface area contributed by atoms with Crippen LogP contribution in [0.3, 0.4) is 0 Å². The standard InChI is InChI=1S/C23H29N11O9S3/c1-23(2,3)43-22(41)25-5-4-6-33-21(28-31-32-33)45-9-10-8-44-18-13(17(38)34(18)14(10)19(39)40)26-16(37)12(29-42-7-11(35)36)15-27-20(24)46-30-15/h13,18H,4-9H2,1-3H3,(H,25,41)(H,26,37)(H,35,36)(H,39,40)(H2,24,27,30)/t13?,18-/m1/s1. The maximum absolute atomic E-state index is 13.1. The van der Waals surface area contributed by atoms with E-state index in [1.54, 1.807) is 20.8 Å². The molecule has 4 heterocycles. The van der Waals surface area contributed by atoms with Gasteiger partial charge in [-0.2, -0.15) is 9.36 Å². The summed E-state index contributed by atoms with van der Waals surface area (Å²) in [6.07, 6.45) is -0.0416. The number of amides is 3. The third kappa shape index (κ3) is 8.60. The fourth-order valence-corrected chi connectivity index (χ4v) is 6.82. The molecule has 0 spiro atoms. The molecule has 1 fully saturated rings. The van der Waals surface area contributed by atoms with Gasteiger partial charge < -0.3 is 36.2 Å². The van der Waals surface area contributed by atoms with E-state index in [2.05, 4.69) is 45.5 Å². The quantitative estimate of drug-likeness (QED) is 0.0539. The van der Waals surface area contributed by atoms with Crippen LogP contribution in [0.4, 0.5) is 9.93 Å². The summed E-state index contributed by atoms with van der Waals surface area (Å²) in [5.41, 5.74) is 4.70. The zero-order valence-electron chi connectivity index (χ0n) is 24.5. The Balaban J connectivity index is 1.37. The minimum atomic E-state index is -1.34. The number of β-lactam (4-membered cyclic amide) rings is 1. The van der Waals surface area contributed by atoms with Crippen molar-refractivity contribution in [3.8, 4) is 0 Å². The molecule has 0 radical (unpaired) electrons. The molecule has 1 unspecified atom stereocenters. The first-order valence-corrected chi connectivity index (χ1v) is 16.1. The summed E-state index contributed by atoms with van der Waals surface area (Å²) in [7, 11) is 0. The van der Waals surface area contributed by atoms with Crippen molar-refractivity contribution in [2.75, 3.05) is 30.4 Å². The summed E-state index contributed by atoms with van der Waals surface area (Å²) in [4.78, 5) is 70.7. The van der Waals surface area contributed by atoms with Crippen LogP contribution in [0, 0.1) is 0 Å². The number of nitrogen functional groups attached to an aromatic ring is 1. The summed E-state index contributed by atoms with van der Waals surface area (Å²) >= 11 is 3.19. The fraction of sp³-hybridized carbons (Fsp3) is 0.522. The Morgan fingerprint density at radius 3 is 2.65 bits per heavy atom. The minimum absolute atomic E-state index is 0.00772. The van der Waals surface area contributed by atoms with Gasteiger partial charge in [-0.25, -0.2) is 19.1 Å². The summed E-state index contributed by atoms with van der Waals surface area (Å²) in [6, 6.07) is -1.12. The second-order valence-corrected chi connectivity index (χ2v) is 13.3. The number of carboxylic acid groups (broad SMARTS) is 2. The fourth-order valence-electron chi connectivity index (χ4n) is 4.00. The lowest BCUT2D eigenvalue weighted by atomic mass is 10.0. The molecule has 2 aliphatic rings. The highest BCUT2D eigenvalue weighted by atomic mass is 32.2. The van der Waals surface area contributed by atoms with Gasteiger partial charge in [-0.15, -0.1) is 16.9 Å². The molecule has 248 valence electrons. The van der Waals surface area contributed by atoms with Crippen molar-refractivity contribution in [3.05, 3.63) is 17.1 Å². The van der Waals surface area contributed by atoms with Crippen LogP contribution in [0.25, 0.3) is 0 Å². The van der Waals surface area contributed by atoms with Crippen LogP contribution < -0.4 is 16.4 Å². The van der Waals surface area contributed by atoms with Gasteiger partial charge in [0.1, 0.15) is 22.7 Å². The van der Waals surface area contributed by atoms with E-state index in [1.165, 1.54) is 28.2 Å². The summed E-state index contributed by atoms with van der Waals surface area (Å²) in [6.45, 7) is 5.12. The Kier molecular flexibility index (Phi) is 11.0. The van der Waals surface area contributed by atoms with Crippen molar-refractivity contribution < 1.29 is 43.8 Å². The number of anilines is 1. The van der Waals surface area contributed by atoms with Gasteiger partial charge in [0.2, 0.25) is 23.3 Å². The number of hydrogen-bond donors (Lipinski definition) is 5. The lowest BCUT2D eigenvalue weighted by Gasteiger charge is -2.49. The van der Waals surface area contributed by atoms with E-state index in [4.69, 9.17) is 15.6 Å². The topological polar surface area (TPSA) is 279 Å². The van der Waals surface area contributed by atoms with E-state index in [9.17, 15) is 29.1 Å². The molecule has 0 bridgehead atoms. The van der Waals surface area contributed by atoms with Crippen molar-refractivity contribution in [1.29, 1.82) is 0 Å². The zero-order chi connectivity index (χ0) is 33.6. The van der Waals surface area contributed by atoms with Crippen molar-refractivity contribution in [3.63, 3.8) is 0 Å². The average Bonchev–Trinajstić information content (AvgIpc) is 3.61. The molecular formula is C23H29N11O9S3. The van der Waals surface area contributed by atoms with Crippen molar-refractivity contribution in [2.24, 2.45) is 5.16 Å². The zero-order valence-corrected chi connectivity index (χ0v) is 27.0. The first-order chi connectivity index (χ1) is 21.7. The highest BCUT2D eigenvalue weighted by Crippen LogP contribution is 2.41. The number of ether oxygens (including phenoxy) is 1. The molecule has 0 aromatic carbocycles. The number of aryl methyl sites for hydroxylation is 1. The smallest absolute Gasteiger partial charge is 0.407 e. The number of carbonyl (C=O) groups is 5. The first-order valence-electron chi connectivity index (χ1n) is 13.3. The average molecular weight is 700 g/mol. The molecular weight excluding hydrogens is 671 g/mol. The summed E-state index contributed by atoms with van der Waals surface area (Å²) in [5.74, 6) is -4.14. The number of carboxylic acids is 2. The number of aliphatic carboxylic acids is 2. The van der Waals surface area contributed by atoms with Crippen molar-refractivity contribution in [2.45, 2.75) is 55.9 Å². The highest BCUT2D eigenvalue weighted by molar-refractivity contribution is 8.01. The summed E-state index contributed by atoms with van der Waals surface area (Å²) < 4.78 is 10.6. The Morgan fingerprint density at radius 2 is 2.00 bits per heavy atom. The van der Waals surface area contributed by atoms with Crippen LogP contribution in [0.5, 0.6) is 0 Å². The normalized spacial score (nSPS) is 18.0. The molecule has 4 rings (SSSR count). The van der Waals surface area contributed by atoms with E-state index in [0.717, 1.165) is 16.4 Å². The molecule has 6 N–H and O–H groups in total. The maximum Gasteiger partial charge on any atom is 0.407 e. The van der Waals surface area contributed by atoms with Crippen LogP contribution in [0.15, 0.2) is 21.6 Å². The van der Waals surface area contributed by atoms with E-state index in [0.29, 0.717) is 30.2 Å². The molecule has 20 nitrogen and oxygen atoms in total. The molecule has 1 saturated heterocycles. The largest absolute Gasteiger partial charge is 0.479 e. The number of hydrogen-bond acceptors (Lipinski definition) is 17. The van der Waals surface area contributed by atoms with Gasteiger partial charge in [0.05, 0.1) is 0 Å².